The van der Waals surface area contributed by atoms with E-state index >= 15 is 0 Å². The van der Waals surface area contributed by atoms with Crippen molar-refractivity contribution >= 4 is 50.7 Å². The molecule has 0 fully saturated rings. The predicted octanol–water partition coefficient (Wildman–Crippen LogP) is 5.87. The van der Waals surface area contributed by atoms with Gasteiger partial charge in [0.25, 0.3) is 0 Å². The highest BCUT2D eigenvalue weighted by atomic mass is 32.2. The number of aromatic nitrogens is 2. The molecule has 4 rings (SSSR count). The molecule has 0 saturated heterocycles. The Morgan fingerprint density at radius 1 is 1.23 bits per heavy atom. The van der Waals surface area contributed by atoms with Crippen LogP contribution < -0.4 is 5.32 Å². The number of aryl methyl sites for hydroxylation is 1. The van der Waals surface area contributed by atoms with Gasteiger partial charge >= 0.3 is 0 Å². The number of hydrogen-bond donors (Lipinski definition) is 1. The van der Waals surface area contributed by atoms with Gasteiger partial charge in [-0.05, 0) is 55.0 Å². The molecule has 1 N–H and O–H groups in total. The summed E-state index contributed by atoms with van der Waals surface area (Å²) in [5.74, 6) is 2.03. The molecule has 0 unspecified atom stereocenters. The van der Waals surface area contributed by atoms with E-state index in [0.717, 1.165) is 33.9 Å². The molecule has 0 bridgehead atoms. The lowest BCUT2D eigenvalue weighted by Crippen LogP contribution is -2.09. The lowest BCUT2D eigenvalue weighted by atomic mass is 9.89. The molecule has 162 valence electrons. The van der Waals surface area contributed by atoms with E-state index in [-0.39, 0.29) is 17.6 Å². The second-order valence-electron chi connectivity index (χ2n) is 8.54. The molecule has 1 aliphatic carbocycles. The fraction of sp³-hybridized carbons (Fsp3) is 0.417. The van der Waals surface area contributed by atoms with E-state index in [1.165, 1.54) is 35.5 Å². The van der Waals surface area contributed by atoms with Crippen molar-refractivity contribution in [3.8, 4) is 0 Å². The second-order valence-corrected chi connectivity index (χ2v) is 10.6. The molecule has 1 amide bonds. The molecule has 1 aromatic carbocycles. The molecule has 7 heteroatoms. The van der Waals surface area contributed by atoms with Crippen molar-refractivity contribution in [2.24, 2.45) is 5.92 Å². The van der Waals surface area contributed by atoms with Gasteiger partial charge in [0.05, 0.1) is 5.75 Å². The van der Waals surface area contributed by atoms with Gasteiger partial charge in [-0.2, -0.15) is 0 Å². The van der Waals surface area contributed by atoms with E-state index in [1.54, 1.807) is 35.6 Å². The number of nitrogens with one attached hydrogen (secondary N) is 1. The number of hydrogen-bond acceptors (Lipinski definition) is 6. The molecular weight excluding hydrogens is 426 g/mol. The van der Waals surface area contributed by atoms with Crippen molar-refractivity contribution in [2.45, 2.75) is 57.9 Å². The van der Waals surface area contributed by atoms with Gasteiger partial charge in [0.15, 0.2) is 5.78 Å². The standard InChI is InChI=1S/C24H27N3O2S2/c1-13(2)22-26-23(21-18-10-5-14(3)11-20(18)31-24(21)27-22)30-12-19(29)16-6-8-17(9-7-16)25-15(4)28/h6-9,13-14H,5,10-12H2,1-4H3,(H,25,28)/t14-/m0/s1. The molecule has 0 spiro atoms. The number of benzene rings is 1. The summed E-state index contributed by atoms with van der Waals surface area (Å²) >= 11 is 3.32. The summed E-state index contributed by atoms with van der Waals surface area (Å²) in [4.78, 5) is 36.2. The van der Waals surface area contributed by atoms with Crippen LogP contribution in [0.25, 0.3) is 10.2 Å². The Hall–Kier alpha value is -2.25. The molecule has 31 heavy (non-hydrogen) atoms. The van der Waals surface area contributed by atoms with E-state index < -0.39 is 0 Å². The van der Waals surface area contributed by atoms with Gasteiger partial charge in [0.2, 0.25) is 5.91 Å². The van der Waals surface area contributed by atoms with E-state index in [4.69, 9.17) is 9.97 Å². The van der Waals surface area contributed by atoms with Crippen LogP contribution in [0.5, 0.6) is 0 Å². The monoisotopic (exact) mass is 453 g/mol. The maximum absolute atomic E-state index is 12.8. The minimum atomic E-state index is -0.128. The Bertz CT molecular complexity index is 1140. The number of nitrogens with zero attached hydrogens (tertiary/aromatic N) is 2. The maximum atomic E-state index is 12.8. The Kier molecular flexibility index (Phi) is 6.44. The van der Waals surface area contributed by atoms with Crippen LogP contribution in [0, 0.1) is 5.92 Å². The number of ketones is 1. The molecular formula is C24H27N3O2S2. The first-order valence-electron chi connectivity index (χ1n) is 10.7. The zero-order valence-corrected chi connectivity index (χ0v) is 20.0. The Balaban J connectivity index is 1.60. The van der Waals surface area contributed by atoms with Crippen molar-refractivity contribution in [1.29, 1.82) is 0 Å². The first kappa shape index (κ1) is 22.0. The molecule has 1 aliphatic rings. The Morgan fingerprint density at radius 2 is 1.97 bits per heavy atom. The van der Waals surface area contributed by atoms with E-state index in [1.807, 2.05) is 0 Å². The van der Waals surface area contributed by atoms with Gasteiger partial charge in [-0.15, -0.1) is 11.3 Å². The van der Waals surface area contributed by atoms with Crippen LogP contribution in [0.1, 0.15) is 66.7 Å². The van der Waals surface area contributed by atoms with Crippen LogP contribution in [0.2, 0.25) is 0 Å². The number of fused-ring (bicyclic) bond motifs is 3. The number of anilines is 1. The van der Waals surface area contributed by atoms with Crippen LogP contribution in [0.15, 0.2) is 29.3 Å². The summed E-state index contributed by atoms with van der Waals surface area (Å²) in [6.45, 7) is 7.98. The van der Waals surface area contributed by atoms with Crippen LogP contribution in [0.3, 0.4) is 0 Å². The highest BCUT2D eigenvalue weighted by molar-refractivity contribution is 8.00. The van der Waals surface area contributed by atoms with Gasteiger partial charge in [0, 0.05) is 34.4 Å². The summed E-state index contributed by atoms with van der Waals surface area (Å²) in [5, 5.41) is 4.82. The molecule has 2 heterocycles. The zero-order valence-electron chi connectivity index (χ0n) is 18.3. The van der Waals surface area contributed by atoms with Crippen LogP contribution in [-0.2, 0) is 17.6 Å². The average molecular weight is 454 g/mol. The Labute approximate surface area is 191 Å². The smallest absolute Gasteiger partial charge is 0.221 e. The van der Waals surface area contributed by atoms with Crippen molar-refractivity contribution < 1.29 is 9.59 Å². The topological polar surface area (TPSA) is 72.0 Å². The first-order valence-corrected chi connectivity index (χ1v) is 12.5. The van der Waals surface area contributed by atoms with Gasteiger partial charge in [0.1, 0.15) is 15.7 Å². The van der Waals surface area contributed by atoms with Gasteiger partial charge < -0.3 is 5.32 Å². The minimum absolute atomic E-state index is 0.0509. The minimum Gasteiger partial charge on any atom is -0.326 e. The number of thiophene rings is 1. The molecule has 3 aromatic rings. The third-order valence-corrected chi connectivity index (χ3v) is 7.65. The lowest BCUT2D eigenvalue weighted by Gasteiger charge is -2.18. The van der Waals surface area contributed by atoms with Gasteiger partial charge in [-0.3, -0.25) is 9.59 Å². The molecule has 5 nitrogen and oxygen atoms in total. The average Bonchev–Trinajstić information content (AvgIpc) is 3.09. The third-order valence-electron chi connectivity index (χ3n) is 5.52. The summed E-state index contributed by atoms with van der Waals surface area (Å²) in [7, 11) is 0. The van der Waals surface area contributed by atoms with Gasteiger partial charge in [-0.1, -0.05) is 32.5 Å². The first-order chi connectivity index (χ1) is 14.8. The summed E-state index contributed by atoms with van der Waals surface area (Å²) in [6, 6.07) is 7.04. The zero-order chi connectivity index (χ0) is 22.1. The van der Waals surface area contributed by atoms with Crippen molar-refractivity contribution in [1.82, 2.24) is 9.97 Å². The molecule has 1 atom stereocenters. The number of carbonyl (C=O) groups is 2. The number of thioether (sulfide) groups is 1. The Morgan fingerprint density at radius 3 is 2.65 bits per heavy atom. The van der Waals surface area contributed by atoms with Crippen molar-refractivity contribution in [3.63, 3.8) is 0 Å². The fourth-order valence-electron chi connectivity index (χ4n) is 3.85. The van der Waals surface area contributed by atoms with Gasteiger partial charge in [-0.25, -0.2) is 9.97 Å². The summed E-state index contributed by atoms with van der Waals surface area (Å²) in [6.07, 6.45) is 3.36. The SMILES string of the molecule is CC(=O)Nc1ccc(C(=O)CSc2nc(C(C)C)nc3sc4c(c23)CC[C@H](C)C4)cc1. The third kappa shape index (κ3) is 4.83. The highest BCUT2D eigenvalue weighted by Gasteiger charge is 2.25. The van der Waals surface area contributed by atoms with Crippen molar-refractivity contribution in [2.75, 3.05) is 11.1 Å². The van der Waals surface area contributed by atoms with Crippen LogP contribution >= 0.6 is 23.1 Å². The van der Waals surface area contributed by atoms with E-state index in [2.05, 4.69) is 26.1 Å². The summed E-state index contributed by atoms with van der Waals surface area (Å²) < 4.78 is 0. The van der Waals surface area contributed by atoms with E-state index in [9.17, 15) is 9.59 Å². The molecule has 0 radical (unpaired) electrons. The number of carbonyl (C=O) groups excluding carboxylic acids is 2. The lowest BCUT2D eigenvalue weighted by molar-refractivity contribution is -0.114. The van der Waals surface area contributed by atoms with Crippen LogP contribution in [0.4, 0.5) is 5.69 Å². The number of Topliss-reactive ketones (excluding diaryl/α,β-unsaturated/α-hetero) is 1. The van der Waals surface area contributed by atoms with Crippen LogP contribution in [-0.4, -0.2) is 27.4 Å². The van der Waals surface area contributed by atoms with E-state index in [0.29, 0.717) is 22.9 Å². The fourth-order valence-corrected chi connectivity index (χ4v) is 6.26. The largest absolute Gasteiger partial charge is 0.326 e. The molecule has 2 aromatic heterocycles. The summed E-state index contributed by atoms with van der Waals surface area (Å²) in [5.41, 5.74) is 2.72. The number of rotatable bonds is 6. The van der Waals surface area contributed by atoms with Crippen molar-refractivity contribution in [3.05, 3.63) is 46.1 Å². The highest BCUT2D eigenvalue weighted by Crippen LogP contribution is 2.41. The molecule has 0 aliphatic heterocycles. The quantitative estimate of drug-likeness (QED) is 0.287. The second kappa shape index (κ2) is 9.09. The normalized spacial score (nSPS) is 15.8. The number of amides is 1. The predicted molar refractivity (Wildman–Crippen MR) is 128 cm³/mol. The molecule has 0 saturated carbocycles. The maximum Gasteiger partial charge on any atom is 0.221 e.